The van der Waals surface area contributed by atoms with E-state index in [9.17, 15) is 14.7 Å². The van der Waals surface area contributed by atoms with Crippen LogP contribution in [0.3, 0.4) is 0 Å². The monoisotopic (exact) mass is 308 g/mol. The fourth-order valence-electron chi connectivity index (χ4n) is 1.66. The van der Waals surface area contributed by atoms with Crippen molar-refractivity contribution < 1.29 is 19.4 Å². The van der Waals surface area contributed by atoms with Crippen LogP contribution < -0.4 is 16.8 Å². The second kappa shape index (κ2) is 8.75. The van der Waals surface area contributed by atoms with Crippen molar-refractivity contribution in [3.8, 4) is 0 Å². The molecule has 0 fully saturated rings. The van der Waals surface area contributed by atoms with Gasteiger partial charge in [0.15, 0.2) is 12.1 Å². The number of ether oxygens (including phenoxy) is 1. The Morgan fingerprint density at radius 1 is 1.27 bits per heavy atom. The van der Waals surface area contributed by atoms with Crippen LogP contribution in [-0.2, 0) is 14.3 Å². The fraction of sp³-hybridized carbons (Fsp3) is 0.357. The normalized spacial score (nSPS) is 13.0. The SMILES string of the molecule is N=C(N)NCCC[C@H](N)C(=O)OC(=O)C(O)c1ccccc1. The van der Waals surface area contributed by atoms with Gasteiger partial charge < -0.3 is 26.6 Å². The first-order valence-electron chi connectivity index (χ1n) is 6.74. The van der Waals surface area contributed by atoms with Crippen LogP contribution in [0, 0.1) is 5.41 Å². The lowest BCUT2D eigenvalue weighted by Gasteiger charge is -2.13. The van der Waals surface area contributed by atoms with E-state index in [2.05, 4.69) is 10.1 Å². The highest BCUT2D eigenvalue weighted by Gasteiger charge is 2.24. The molecule has 0 radical (unpaired) electrons. The molecule has 0 saturated carbocycles. The molecule has 0 aliphatic rings. The molecule has 1 aromatic carbocycles. The number of aliphatic hydroxyl groups is 1. The number of hydrogen-bond donors (Lipinski definition) is 5. The Bertz CT molecular complexity index is 521. The highest BCUT2D eigenvalue weighted by atomic mass is 16.6. The number of aliphatic hydroxyl groups excluding tert-OH is 1. The van der Waals surface area contributed by atoms with Gasteiger partial charge in [0.1, 0.15) is 6.04 Å². The number of benzene rings is 1. The Kier molecular flexibility index (Phi) is 7.00. The van der Waals surface area contributed by atoms with Gasteiger partial charge in [-0.3, -0.25) is 5.41 Å². The van der Waals surface area contributed by atoms with E-state index in [4.69, 9.17) is 16.9 Å². The summed E-state index contributed by atoms with van der Waals surface area (Å²) in [4.78, 5) is 23.3. The lowest BCUT2D eigenvalue weighted by molar-refractivity contribution is -0.167. The van der Waals surface area contributed by atoms with E-state index in [0.29, 0.717) is 18.5 Å². The second-order valence-electron chi connectivity index (χ2n) is 4.64. The molecule has 1 aromatic rings. The first-order chi connectivity index (χ1) is 10.4. The summed E-state index contributed by atoms with van der Waals surface area (Å²) in [5.41, 5.74) is 11.0. The maximum Gasteiger partial charge on any atom is 0.347 e. The first kappa shape index (κ1) is 17.6. The van der Waals surface area contributed by atoms with Gasteiger partial charge in [-0.2, -0.15) is 0 Å². The number of rotatable bonds is 7. The van der Waals surface area contributed by atoms with E-state index in [1.807, 2.05) is 0 Å². The van der Waals surface area contributed by atoms with Crippen LogP contribution in [0.25, 0.3) is 0 Å². The number of nitrogens with one attached hydrogen (secondary N) is 2. The third-order valence-corrected chi connectivity index (χ3v) is 2.85. The maximum atomic E-state index is 11.7. The molecule has 0 spiro atoms. The van der Waals surface area contributed by atoms with Crippen molar-refractivity contribution in [1.82, 2.24) is 5.32 Å². The van der Waals surface area contributed by atoms with Gasteiger partial charge in [-0.05, 0) is 18.4 Å². The summed E-state index contributed by atoms with van der Waals surface area (Å²) in [6.07, 6.45) is -0.796. The average Bonchev–Trinajstić information content (AvgIpc) is 2.51. The maximum absolute atomic E-state index is 11.7. The Morgan fingerprint density at radius 3 is 2.50 bits per heavy atom. The average molecular weight is 308 g/mol. The summed E-state index contributed by atoms with van der Waals surface area (Å²) < 4.78 is 4.57. The van der Waals surface area contributed by atoms with Gasteiger partial charge in [-0.25, -0.2) is 9.59 Å². The summed E-state index contributed by atoms with van der Waals surface area (Å²) in [5, 5.41) is 19.3. The largest absolute Gasteiger partial charge is 0.390 e. The number of carbonyl (C=O) groups is 2. The van der Waals surface area contributed by atoms with Crippen LogP contribution in [0.15, 0.2) is 30.3 Å². The van der Waals surface area contributed by atoms with E-state index < -0.39 is 24.1 Å². The van der Waals surface area contributed by atoms with Crippen molar-refractivity contribution >= 4 is 17.9 Å². The highest BCUT2D eigenvalue weighted by molar-refractivity contribution is 5.90. The molecule has 0 amide bonds. The van der Waals surface area contributed by atoms with Gasteiger partial charge >= 0.3 is 11.9 Å². The fourth-order valence-corrected chi connectivity index (χ4v) is 1.66. The zero-order valence-electron chi connectivity index (χ0n) is 12.0. The zero-order chi connectivity index (χ0) is 16.5. The Balaban J connectivity index is 2.40. The minimum atomic E-state index is -1.53. The number of nitrogens with two attached hydrogens (primary N) is 2. The van der Waals surface area contributed by atoms with Crippen LogP contribution in [0.2, 0.25) is 0 Å². The number of carbonyl (C=O) groups excluding carboxylic acids is 2. The number of esters is 2. The van der Waals surface area contributed by atoms with E-state index in [0.717, 1.165) is 0 Å². The van der Waals surface area contributed by atoms with Gasteiger partial charge in [0, 0.05) is 6.54 Å². The van der Waals surface area contributed by atoms with E-state index >= 15 is 0 Å². The quantitative estimate of drug-likeness (QED) is 0.148. The standard InChI is InChI=1S/C14H20N4O4/c15-10(7-4-8-18-14(16)17)12(20)22-13(21)11(19)9-5-2-1-3-6-9/h1-3,5-6,10-11,19H,4,7-8,15H2,(H4,16,17,18)/t10-,11?/m0/s1. The summed E-state index contributed by atoms with van der Waals surface area (Å²) >= 11 is 0. The molecule has 0 saturated heterocycles. The molecular formula is C14H20N4O4. The summed E-state index contributed by atoms with van der Waals surface area (Å²) in [6, 6.07) is 7.15. The Hall–Kier alpha value is -2.45. The molecule has 1 rings (SSSR count). The summed E-state index contributed by atoms with van der Waals surface area (Å²) in [5.74, 6) is -2.13. The molecule has 0 heterocycles. The molecule has 22 heavy (non-hydrogen) atoms. The molecule has 1 unspecified atom stereocenters. The van der Waals surface area contributed by atoms with Gasteiger partial charge in [-0.15, -0.1) is 0 Å². The van der Waals surface area contributed by atoms with Crippen LogP contribution in [0.4, 0.5) is 0 Å². The third kappa shape index (κ3) is 5.90. The Labute approximate surface area is 127 Å². The van der Waals surface area contributed by atoms with Gasteiger partial charge in [-0.1, -0.05) is 30.3 Å². The predicted molar refractivity (Wildman–Crippen MR) is 79.6 cm³/mol. The van der Waals surface area contributed by atoms with Crippen LogP contribution >= 0.6 is 0 Å². The molecule has 8 heteroatoms. The molecule has 0 aliphatic carbocycles. The second-order valence-corrected chi connectivity index (χ2v) is 4.64. The van der Waals surface area contributed by atoms with Crippen molar-refractivity contribution in [2.75, 3.05) is 6.54 Å². The topological polar surface area (TPSA) is 152 Å². The minimum Gasteiger partial charge on any atom is -0.390 e. The summed E-state index contributed by atoms with van der Waals surface area (Å²) in [7, 11) is 0. The van der Waals surface area contributed by atoms with Crippen molar-refractivity contribution in [3.63, 3.8) is 0 Å². The van der Waals surface area contributed by atoms with Crippen LogP contribution in [0.1, 0.15) is 24.5 Å². The molecule has 0 bridgehead atoms. The number of guanidine groups is 1. The molecule has 0 aliphatic heterocycles. The van der Waals surface area contributed by atoms with E-state index in [-0.39, 0.29) is 12.4 Å². The third-order valence-electron chi connectivity index (χ3n) is 2.85. The molecule has 2 atom stereocenters. The minimum absolute atomic E-state index is 0.169. The zero-order valence-corrected chi connectivity index (χ0v) is 12.0. The van der Waals surface area contributed by atoms with Crippen LogP contribution in [-0.4, -0.2) is 35.6 Å². The van der Waals surface area contributed by atoms with Crippen LogP contribution in [0.5, 0.6) is 0 Å². The molecule has 8 nitrogen and oxygen atoms in total. The Morgan fingerprint density at radius 2 is 1.91 bits per heavy atom. The predicted octanol–water partition coefficient (Wildman–Crippen LogP) is -0.620. The first-order valence-corrected chi connectivity index (χ1v) is 6.74. The van der Waals surface area contributed by atoms with Crippen molar-refractivity contribution in [1.29, 1.82) is 5.41 Å². The molecule has 0 aromatic heterocycles. The van der Waals surface area contributed by atoms with E-state index in [1.54, 1.807) is 30.3 Å². The van der Waals surface area contributed by atoms with Crippen molar-refractivity contribution in [2.45, 2.75) is 25.0 Å². The molecular weight excluding hydrogens is 288 g/mol. The smallest absolute Gasteiger partial charge is 0.347 e. The van der Waals surface area contributed by atoms with Crippen molar-refractivity contribution in [3.05, 3.63) is 35.9 Å². The van der Waals surface area contributed by atoms with Gasteiger partial charge in [0.2, 0.25) is 0 Å². The molecule has 7 N–H and O–H groups in total. The van der Waals surface area contributed by atoms with Crippen molar-refractivity contribution in [2.24, 2.45) is 11.5 Å². The highest BCUT2D eigenvalue weighted by Crippen LogP contribution is 2.14. The number of hydrogen-bond acceptors (Lipinski definition) is 6. The molecule has 120 valence electrons. The van der Waals surface area contributed by atoms with E-state index in [1.165, 1.54) is 0 Å². The summed E-state index contributed by atoms with van der Waals surface area (Å²) in [6.45, 7) is 0.386. The lowest BCUT2D eigenvalue weighted by Crippen LogP contribution is -2.36. The van der Waals surface area contributed by atoms with Gasteiger partial charge in [0.05, 0.1) is 0 Å². The lowest BCUT2D eigenvalue weighted by atomic mass is 10.1. The van der Waals surface area contributed by atoms with Gasteiger partial charge in [0.25, 0.3) is 0 Å².